The number of hydrogen-bond donors (Lipinski definition) is 0. The number of fused-ring (bicyclic) bond motifs is 4. The van der Waals surface area contributed by atoms with Gasteiger partial charge in [-0.05, 0) is 52.5 Å². The molecule has 3 aliphatic heterocycles. The van der Waals surface area contributed by atoms with E-state index in [-0.39, 0.29) is 24.0 Å². The van der Waals surface area contributed by atoms with E-state index in [4.69, 9.17) is 33.4 Å². The zero-order valence-corrected chi connectivity index (χ0v) is 23.9. The number of hydrogen-bond acceptors (Lipinski definition) is 10. The Hall–Kier alpha value is -2.40. The van der Waals surface area contributed by atoms with Gasteiger partial charge in [0.1, 0.15) is 17.5 Å². The molecule has 5 heterocycles. The summed E-state index contributed by atoms with van der Waals surface area (Å²) >= 11 is 0. The first-order valence-corrected chi connectivity index (χ1v) is 15.0. The summed E-state index contributed by atoms with van der Waals surface area (Å²) in [5.41, 5.74) is 2.29. The van der Waals surface area contributed by atoms with E-state index in [9.17, 15) is 4.79 Å². The van der Waals surface area contributed by atoms with Crippen molar-refractivity contribution in [2.75, 3.05) is 40.5 Å². The summed E-state index contributed by atoms with van der Waals surface area (Å²) in [6.07, 6.45) is 8.38. The van der Waals surface area contributed by atoms with Gasteiger partial charge in [-0.2, -0.15) is 4.98 Å². The number of carbonyl (C=O) groups is 1. The lowest BCUT2D eigenvalue weighted by Gasteiger charge is -2.37. The molecule has 7 rings (SSSR count). The number of carbonyl (C=O) groups excluding carboxylic acids is 1. The summed E-state index contributed by atoms with van der Waals surface area (Å²) in [6, 6.07) is 0.208. The molecular weight excluding hydrogens is 512 g/mol. The Bertz CT molecular complexity index is 1290. The van der Waals surface area contributed by atoms with E-state index in [0.717, 1.165) is 80.5 Å². The molecule has 2 aliphatic carbocycles. The van der Waals surface area contributed by atoms with E-state index >= 15 is 0 Å². The Labute approximate surface area is 235 Å². The van der Waals surface area contributed by atoms with Gasteiger partial charge in [0.2, 0.25) is 5.88 Å². The van der Waals surface area contributed by atoms with Crippen molar-refractivity contribution in [3.05, 3.63) is 22.6 Å². The number of rotatable bonds is 5. The fraction of sp³-hybridized carbons (Fsp3) is 0.733. The molecule has 2 spiro atoms. The Kier molecular flexibility index (Phi) is 6.72. The van der Waals surface area contributed by atoms with Crippen LogP contribution in [0.2, 0.25) is 0 Å². The minimum absolute atomic E-state index is 0.107. The van der Waals surface area contributed by atoms with Gasteiger partial charge in [-0.3, -0.25) is 9.69 Å². The molecule has 0 radical (unpaired) electrons. The summed E-state index contributed by atoms with van der Waals surface area (Å²) in [5.74, 6) is 2.10. The third-order valence-corrected chi connectivity index (χ3v) is 10.1. The van der Waals surface area contributed by atoms with Crippen LogP contribution >= 0.6 is 0 Å². The second-order valence-corrected chi connectivity index (χ2v) is 12.4. The number of methoxy groups -OCH3 is 1. The summed E-state index contributed by atoms with van der Waals surface area (Å²) in [6.45, 7) is 4.64. The number of ether oxygens (including phenoxy) is 4. The van der Waals surface area contributed by atoms with Crippen LogP contribution in [-0.2, 0) is 42.9 Å². The van der Waals surface area contributed by atoms with Crippen molar-refractivity contribution >= 4 is 5.78 Å². The predicted octanol–water partition coefficient (Wildman–Crippen LogP) is 3.52. The van der Waals surface area contributed by atoms with E-state index in [1.54, 1.807) is 7.11 Å². The van der Waals surface area contributed by atoms with E-state index in [0.29, 0.717) is 50.1 Å². The molecular formula is C30H40N4O6. The second-order valence-electron chi connectivity index (χ2n) is 12.4. The third kappa shape index (κ3) is 4.13. The smallest absolute Gasteiger partial charge is 0.221 e. The number of Topliss-reactive ketones (excluding diaryl/α,β-unsaturated/α-hetero) is 1. The SMILES string of the molecule is CO[C@@H]1C[C@@H]([C@H](C)Oc2nc(-c3noc4c3CCC[C@@]43CCCCC3=O)nc3c2CCO[C@]32CCOC2)N(C)C1. The van der Waals surface area contributed by atoms with Crippen LogP contribution in [0.25, 0.3) is 11.5 Å². The zero-order chi connectivity index (χ0) is 27.5. The first kappa shape index (κ1) is 26.5. The van der Waals surface area contributed by atoms with Gasteiger partial charge < -0.3 is 23.5 Å². The number of ketones is 1. The summed E-state index contributed by atoms with van der Waals surface area (Å²) in [7, 11) is 3.89. The highest BCUT2D eigenvalue weighted by atomic mass is 16.6. The number of nitrogens with zero attached hydrogens (tertiary/aromatic N) is 4. The fourth-order valence-electron chi connectivity index (χ4n) is 7.86. The standard InChI is InChI=1S/C30H40N4O6/c1-18(22-15-19(36-3)16-34(22)2)39-28-21-9-13-38-30(12-14-37-17-30)25(21)31-27(32-28)24-20-7-6-11-29(26(20)40-33-24)10-5-4-8-23(29)35/h18-19,22H,4-17H2,1-3H3/t18-,19+,22-,29+,30-/m0/s1. The average Bonchev–Trinajstić information content (AvgIpc) is 3.70. The third-order valence-electron chi connectivity index (χ3n) is 10.1. The van der Waals surface area contributed by atoms with Crippen molar-refractivity contribution in [2.24, 2.45) is 0 Å². The van der Waals surface area contributed by atoms with E-state index in [1.165, 1.54) is 0 Å². The molecule has 0 bridgehead atoms. The van der Waals surface area contributed by atoms with Crippen LogP contribution in [0.1, 0.15) is 80.9 Å². The van der Waals surface area contributed by atoms with E-state index in [1.807, 2.05) is 0 Å². The van der Waals surface area contributed by atoms with Gasteiger partial charge in [0, 0.05) is 56.7 Å². The predicted molar refractivity (Wildman–Crippen MR) is 144 cm³/mol. The van der Waals surface area contributed by atoms with Gasteiger partial charge in [0.05, 0.1) is 30.4 Å². The molecule has 10 nitrogen and oxygen atoms in total. The monoisotopic (exact) mass is 552 g/mol. The second kappa shape index (κ2) is 10.2. The van der Waals surface area contributed by atoms with Crippen molar-refractivity contribution < 1.29 is 28.3 Å². The van der Waals surface area contributed by atoms with Crippen molar-refractivity contribution in [1.82, 2.24) is 20.0 Å². The first-order chi connectivity index (χ1) is 19.4. The summed E-state index contributed by atoms with van der Waals surface area (Å²) < 4.78 is 30.6. The Balaban J connectivity index is 1.31. The normalized spacial score (nSPS) is 32.9. The number of aromatic nitrogens is 3. The van der Waals surface area contributed by atoms with Gasteiger partial charge in [-0.1, -0.05) is 11.6 Å². The van der Waals surface area contributed by atoms with Crippen LogP contribution in [0.3, 0.4) is 0 Å². The molecule has 0 N–H and O–H groups in total. The number of likely N-dealkylation sites (N-methyl/N-ethyl adjacent to an activating group) is 1. The lowest BCUT2D eigenvalue weighted by molar-refractivity contribution is -0.128. The molecule has 2 aromatic rings. The van der Waals surface area contributed by atoms with Crippen molar-refractivity contribution in [2.45, 2.75) is 100 Å². The van der Waals surface area contributed by atoms with Crippen molar-refractivity contribution in [3.63, 3.8) is 0 Å². The van der Waals surface area contributed by atoms with Crippen LogP contribution in [0, 0.1) is 0 Å². The molecule has 0 amide bonds. The maximum absolute atomic E-state index is 13.2. The molecule has 5 aliphatic rings. The molecule has 216 valence electrons. The Morgan fingerprint density at radius 1 is 1.05 bits per heavy atom. The largest absolute Gasteiger partial charge is 0.473 e. The molecule has 1 saturated carbocycles. The topological polar surface area (TPSA) is 109 Å². The van der Waals surface area contributed by atoms with Gasteiger partial charge in [0.25, 0.3) is 0 Å². The molecule has 0 unspecified atom stereocenters. The van der Waals surface area contributed by atoms with Gasteiger partial charge >= 0.3 is 0 Å². The average molecular weight is 553 g/mol. The van der Waals surface area contributed by atoms with Gasteiger partial charge in [-0.15, -0.1) is 0 Å². The summed E-state index contributed by atoms with van der Waals surface area (Å²) in [5, 5.41) is 4.54. The van der Waals surface area contributed by atoms with E-state index in [2.05, 4.69) is 24.0 Å². The minimum Gasteiger partial charge on any atom is -0.473 e. The first-order valence-electron chi connectivity index (χ1n) is 15.0. The quantitative estimate of drug-likeness (QED) is 0.547. The Morgan fingerprint density at radius 2 is 1.93 bits per heavy atom. The molecule has 0 aromatic carbocycles. The van der Waals surface area contributed by atoms with E-state index < -0.39 is 11.0 Å². The highest BCUT2D eigenvalue weighted by Crippen LogP contribution is 2.48. The zero-order valence-electron chi connectivity index (χ0n) is 23.9. The van der Waals surface area contributed by atoms with Crippen molar-refractivity contribution in [1.29, 1.82) is 0 Å². The molecule has 3 fully saturated rings. The molecule has 2 aromatic heterocycles. The van der Waals surface area contributed by atoms with Gasteiger partial charge in [0.15, 0.2) is 17.3 Å². The van der Waals surface area contributed by atoms with Crippen molar-refractivity contribution in [3.8, 4) is 17.4 Å². The minimum atomic E-state index is -0.609. The highest BCUT2D eigenvalue weighted by molar-refractivity contribution is 5.91. The van der Waals surface area contributed by atoms with Crippen LogP contribution in [0.15, 0.2) is 4.52 Å². The highest BCUT2D eigenvalue weighted by Gasteiger charge is 2.50. The molecule has 2 saturated heterocycles. The van der Waals surface area contributed by atoms with Crippen LogP contribution < -0.4 is 4.74 Å². The van der Waals surface area contributed by atoms with Crippen LogP contribution in [0.4, 0.5) is 0 Å². The Morgan fingerprint density at radius 3 is 2.70 bits per heavy atom. The summed E-state index contributed by atoms with van der Waals surface area (Å²) in [4.78, 5) is 25.7. The lowest BCUT2D eigenvalue weighted by atomic mass is 9.64. The van der Waals surface area contributed by atoms with Crippen LogP contribution in [0.5, 0.6) is 5.88 Å². The van der Waals surface area contributed by atoms with Gasteiger partial charge in [-0.25, -0.2) is 4.98 Å². The molecule has 10 heteroatoms. The molecule has 5 atom stereocenters. The molecule has 40 heavy (non-hydrogen) atoms. The number of likely N-dealkylation sites (tertiary alicyclic amines) is 1. The fourth-order valence-corrected chi connectivity index (χ4v) is 7.86. The van der Waals surface area contributed by atoms with Crippen LogP contribution in [-0.4, -0.2) is 84.6 Å². The maximum Gasteiger partial charge on any atom is 0.221 e. The maximum atomic E-state index is 13.2. The lowest BCUT2D eigenvalue weighted by Crippen LogP contribution is -2.41.